The summed E-state index contributed by atoms with van der Waals surface area (Å²) in [5.41, 5.74) is 1.92. The molecule has 1 N–H and O–H groups in total. The van der Waals surface area contributed by atoms with Crippen LogP contribution >= 0.6 is 0 Å². The highest BCUT2D eigenvalue weighted by atomic mass is 19.4. The molecule has 0 radical (unpaired) electrons. The smallest absolute Gasteiger partial charge is 0.388 e. The van der Waals surface area contributed by atoms with Gasteiger partial charge >= 0.3 is 6.18 Å². The summed E-state index contributed by atoms with van der Waals surface area (Å²) in [5.74, 6) is 0. The number of benzene rings is 1. The topological polar surface area (TPSA) is 38.0 Å². The standard InChI is InChI=1S/C15H17F3N2O/c1-9-14(10(2)20(3)19-9)13(21)8-11-5-4-6-12(7-11)15(16,17)18/h4-7,13,21H,8H2,1-3H3. The van der Waals surface area contributed by atoms with E-state index in [1.165, 1.54) is 6.07 Å². The van der Waals surface area contributed by atoms with E-state index in [9.17, 15) is 18.3 Å². The number of hydrogen-bond acceptors (Lipinski definition) is 2. The highest BCUT2D eigenvalue weighted by Crippen LogP contribution is 2.31. The van der Waals surface area contributed by atoms with Crippen molar-refractivity contribution in [3.63, 3.8) is 0 Å². The Morgan fingerprint density at radius 3 is 2.48 bits per heavy atom. The fraction of sp³-hybridized carbons (Fsp3) is 0.400. The lowest BCUT2D eigenvalue weighted by Crippen LogP contribution is -2.08. The minimum absolute atomic E-state index is 0.122. The first-order valence-electron chi connectivity index (χ1n) is 6.54. The molecule has 1 heterocycles. The Morgan fingerprint density at radius 2 is 1.95 bits per heavy atom. The quantitative estimate of drug-likeness (QED) is 0.944. The number of alkyl halides is 3. The van der Waals surface area contributed by atoms with Gasteiger partial charge in [-0.3, -0.25) is 4.68 Å². The Balaban J connectivity index is 2.26. The van der Waals surface area contributed by atoms with E-state index in [1.54, 1.807) is 24.7 Å². The molecule has 1 aromatic heterocycles. The maximum Gasteiger partial charge on any atom is 0.416 e. The molecule has 0 amide bonds. The molecule has 0 bridgehead atoms. The molecule has 0 aliphatic rings. The average Bonchev–Trinajstić information content (AvgIpc) is 2.62. The second-order valence-corrected chi connectivity index (χ2v) is 5.13. The second-order valence-electron chi connectivity index (χ2n) is 5.13. The van der Waals surface area contributed by atoms with Gasteiger partial charge in [0.2, 0.25) is 0 Å². The number of hydrogen-bond donors (Lipinski definition) is 1. The first-order valence-corrected chi connectivity index (χ1v) is 6.54. The molecular weight excluding hydrogens is 281 g/mol. The molecule has 3 nitrogen and oxygen atoms in total. The maximum atomic E-state index is 12.7. The monoisotopic (exact) mass is 298 g/mol. The van der Waals surface area contributed by atoms with E-state index in [0.717, 1.165) is 17.8 Å². The van der Waals surface area contributed by atoms with Crippen LogP contribution in [0, 0.1) is 13.8 Å². The van der Waals surface area contributed by atoms with Crippen LogP contribution in [0.5, 0.6) is 0 Å². The van der Waals surface area contributed by atoms with Crippen molar-refractivity contribution in [1.29, 1.82) is 0 Å². The van der Waals surface area contributed by atoms with E-state index in [4.69, 9.17) is 0 Å². The Labute approximate surface area is 121 Å². The molecule has 21 heavy (non-hydrogen) atoms. The van der Waals surface area contributed by atoms with Gasteiger partial charge in [-0.15, -0.1) is 0 Å². The summed E-state index contributed by atoms with van der Waals surface area (Å²) in [7, 11) is 1.77. The van der Waals surface area contributed by atoms with Crippen molar-refractivity contribution in [2.75, 3.05) is 0 Å². The summed E-state index contributed by atoms with van der Waals surface area (Å²) in [5, 5.41) is 14.5. The molecule has 2 rings (SSSR count). The van der Waals surface area contributed by atoms with E-state index in [2.05, 4.69) is 5.10 Å². The number of aromatic nitrogens is 2. The van der Waals surface area contributed by atoms with E-state index < -0.39 is 17.8 Å². The Hall–Kier alpha value is -1.82. The highest BCUT2D eigenvalue weighted by molar-refractivity contribution is 5.31. The van der Waals surface area contributed by atoms with E-state index >= 15 is 0 Å². The van der Waals surface area contributed by atoms with Crippen molar-refractivity contribution in [3.05, 3.63) is 52.3 Å². The molecule has 0 fully saturated rings. The first-order chi connectivity index (χ1) is 9.70. The predicted molar refractivity (Wildman–Crippen MR) is 72.8 cm³/mol. The molecule has 6 heteroatoms. The third kappa shape index (κ3) is 3.26. The number of rotatable bonds is 3. The van der Waals surface area contributed by atoms with Gasteiger partial charge in [-0.1, -0.05) is 18.2 Å². The van der Waals surface area contributed by atoms with Crippen LogP contribution in [0.2, 0.25) is 0 Å². The summed E-state index contributed by atoms with van der Waals surface area (Å²) in [4.78, 5) is 0. The Kier molecular flexibility index (Phi) is 4.09. The van der Waals surface area contributed by atoms with Gasteiger partial charge in [0.25, 0.3) is 0 Å². The number of aliphatic hydroxyl groups is 1. The van der Waals surface area contributed by atoms with Crippen molar-refractivity contribution in [1.82, 2.24) is 9.78 Å². The highest BCUT2D eigenvalue weighted by Gasteiger charge is 2.30. The minimum atomic E-state index is -4.37. The third-order valence-corrected chi connectivity index (χ3v) is 3.58. The van der Waals surface area contributed by atoms with Gasteiger partial charge in [0.05, 0.1) is 17.4 Å². The van der Waals surface area contributed by atoms with Crippen LogP contribution in [0.4, 0.5) is 13.2 Å². The number of aryl methyl sites for hydroxylation is 2. The molecule has 2 aromatic rings. The fourth-order valence-electron chi connectivity index (χ4n) is 2.47. The number of halogens is 3. The molecular formula is C15H17F3N2O. The van der Waals surface area contributed by atoms with Gasteiger partial charge in [0.1, 0.15) is 0 Å². The molecule has 1 unspecified atom stereocenters. The van der Waals surface area contributed by atoms with Crippen molar-refractivity contribution in [3.8, 4) is 0 Å². The summed E-state index contributed by atoms with van der Waals surface area (Å²) in [6.45, 7) is 3.60. The zero-order chi connectivity index (χ0) is 15.8. The molecule has 0 saturated heterocycles. The summed E-state index contributed by atoms with van der Waals surface area (Å²) in [6.07, 6.45) is -5.12. The van der Waals surface area contributed by atoms with E-state index in [0.29, 0.717) is 16.8 Å². The van der Waals surface area contributed by atoms with Gasteiger partial charge in [-0.05, 0) is 25.5 Å². The van der Waals surface area contributed by atoms with Crippen LogP contribution in [-0.2, 0) is 19.6 Å². The lowest BCUT2D eigenvalue weighted by Gasteiger charge is -2.13. The van der Waals surface area contributed by atoms with Crippen molar-refractivity contribution >= 4 is 0 Å². The minimum Gasteiger partial charge on any atom is -0.388 e. The number of aliphatic hydroxyl groups excluding tert-OH is 1. The largest absolute Gasteiger partial charge is 0.416 e. The zero-order valence-electron chi connectivity index (χ0n) is 12.1. The van der Waals surface area contributed by atoms with Crippen LogP contribution in [0.1, 0.15) is 34.2 Å². The molecule has 0 spiro atoms. The average molecular weight is 298 g/mol. The third-order valence-electron chi connectivity index (χ3n) is 3.58. The summed E-state index contributed by atoms with van der Waals surface area (Å²) in [6, 6.07) is 5.04. The molecule has 0 aliphatic heterocycles. The predicted octanol–water partition coefficient (Wildman–Crippen LogP) is 3.33. The van der Waals surface area contributed by atoms with Gasteiger partial charge < -0.3 is 5.11 Å². The normalized spacial score (nSPS) is 13.5. The van der Waals surface area contributed by atoms with E-state index in [1.807, 2.05) is 6.92 Å². The van der Waals surface area contributed by atoms with Crippen LogP contribution in [0.25, 0.3) is 0 Å². The number of nitrogens with zero attached hydrogens (tertiary/aromatic N) is 2. The molecule has 1 atom stereocenters. The zero-order valence-corrected chi connectivity index (χ0v) is 12.1. The SMILES string of the molecule is Cc1nn(C)c(C)c1C(O)Cc1cccc(C(F)(F)F)c1. The summed E-state index contributed by atoms with van der Waals surface area (Å²) < 4.78 is 39.7. The van der Waals surface area contributed by atoms with Crippen LogP contribution < -0.4 is 0 Å². The molecule has 0 saturated carbocycles. The first kappa shape index (κ1) is 15.6. The molecule has 114 valence electrons. The fourth-order valence-corrected chi connectivity index (χ4v) is 2.47. The second kappa shape index (κ2) is 5.52. The molecule has 1 aromatic carbocycles. The summed E-state index contributed by atoms with van der Waals surface area (Å²) >= 11 is 0. The Bertz CT molecular complexity index is 647. The van der Waals surface area contributed by atoms with Crippen LogP contribution in [-0.4, -0.2) is 14.9 Å². The Morgan fingerprint density at radius 1 is 1.29 bits per heavy atom. The van der Waals surface area contributed by atoms with Crippen molar-refractivity contribution in [2.24, 2.45) is 7.05 Å². The van der Waals surface area contributed by atoms with Crippen LogP contribution in [0.15, 0.2) is 24.3 Å². The van der Waals surface area contributed by atoms with Crippen molar-refractivity contribution in [2.45, 2.75) is 32.5 Å². The van der Waals surface area contributed by atoms with E-state index in [-0.39, 0.29) is 6.42 Å². The van der Waals surface area contributed by atoms with Gasteiger partial charge in [-0.25, -0.2) is 0 Å². The van der Waals surface area contributed by atoms with Gasteiger partial charge in [0, 0.05) is 24.7 Å². The lowest BCUT2D eigenvalue weighted by molar-refractivity contribution is -0.137. The maximum absolute atomic E-state index is 12.7. The van der Waals surface area contributed by atoms with Crippen molar-refractivity contribution < 1.29 is 18.3 Å². The van der Waals surface area contributed by atoms with Gasteiger partial charge in [-0.2, -0.15) is 18.3 Å². The van der Waals surface area contributed by atoms with Gasteiger partial charge in [0.15, 0.2) is 0 Å². The lowest BCUT2D eigenvalue weighted by atomic mass is 9.98. The van der Waals surface area contributed by atoms with Crippen LogP contribution in [0.3, 0.4) is 0 Å². The molecule has 0 aliphatic carbocycles.